The van der Waals surface area contributed by atoms with E-state index in [-0.39, 0.29) is 6.09 Å². The largest absolute Gasteiger partial charge is 0.450 e. The molecular formula is C18H29N3O2S. The highest BCUT2D eigenvalue weighted by Crippen LogP contribution is 2.23. The Labute approximate surface area is 149 Å². The molecule has 2 saturated heterocycles. The van der Waals surface area contributed by atoms with Crippen molar-refractivity contribution in [2.45, 2.75) is 39.3 Å². The fraction of sp³-hybridized carbons (Fsp3) is 0.722. The lowest BCUT2D eigenvalue weighted by atomic mass is 10.0. The zero-order chi connectivity index (χ0) is 16.9. The summed E-state index contributed by atoms with van der Waals surface area (Å²) < 4.78 is 5.11. The highest BCUT2D eigenvalue weighted by atomic mass is 32.1. The standard InChI is InChI=1S/C18H29N3O2S/c1-3-23-18(22)21-10-8-20(9-11-21)16-5-4-7-19(13-16)14-17-15(2)6-12-24-17/h6,12,16H,3-5,7-11,13-14H2,1-2H3. The summed E-state index contributed by atoms with van der Waals surface area (Å²) in [5, 5.41) is 2.20. The van der Waals surface area contributed by atoms with Crippen molar-refractivity contribution in [2.75, 3.05) is 45.9 Å². The first-order valence-electron chi connectivity index (χ1n) is 9.08. The Kier molecular flexibility index (Phi) is 6.14. The van der Waals surface area contributed by atoms with Gasteiger partial charge in [-0.15, -0.1) is 11.3 Å². The Morgan fingerprint density at radius 2 is 2.08 bits per heavy atom. The third-order valence-electron chi connectivity index (χ3n) is 5.17. The van der Waals surface area contributed by atoms with Gasteiger partial charge in [0.25, 0.3) is 0 Å². The van der Waals surface area contributed by atoms with Crippen LogP contribution in [-0.2, 0) is 11.3 Å². The van der Waals surface area contributed by atoms with Crippen molar-refractivity contribution in [1.29, 1.82) is 0 Å². The van der Waals surface area contributed by atoms with Crippen molar-refractivity contribution in [3.63, 3.8) is 0 Å². The number of carbonyl (C=O) groups is 1. The number of thiophene rings is 1. The molecule has 2 aliphatic heterocycles. The molecule has 1 unspecified atom stereocenters. The summed E-state index contributed by atoms with van der Waals surface area (Å²) in [5.74, 6) is 0. The molecule has 3 rings (SSSR count). The van der Waals surface area contributed by atoms with Crippen LogP contribution in [0.5, 0.6) is 0 Å². The normalized spacial score (nSPS) is 23.4. The van der Waals surface area contributed by atoms with Gasteiger partial charge in [-0.1, -0.05) is 0 Å². The number of piperazine rings is 1. The summed E-state index contributed by atoms with van der Waals surface area (Å²) in [6, 6.07) is 2.85. The molecule has 0 aromatic carbocycles. The van der Waals surface area contributed by atoms with Gasteiger partial charge in [-0.05, 0) is 50.2 Å². The van der Waals surface area contributed by atoms with Crippen molar-refractivity contribution in [3.05, 3.63) is 21.9 Å². The van der Waals surface area contributed by atoms with E-state index < -0.39 is 0 Å². The molecule has 0 saturated carbocycles. The van der Waals surface area contributed by atoms with Crippen LogP contribution in [0.25, 0.3) is 0 Å². The lowest BCUT2D eigenvalue weighted by molar-refractivity contribution is 0.0414. The molecule has 24 heavy (non-hydrogen) atoms. The van der Waals surface area contributed by atoms with Crippen LogP contribution in [0.15, 0.2) is 11.4 Å². The molecule has 0 spiro atoms. The van der Waals surface area contributed by atoms with Crippen molar-refractivity contribution in [1.82, 2.24) is 14.7 Å². The van der Waals surface area contributed by atoms with E-state index in [1.807, 2.05) is 23.2 Å². The number of nitrogens with zero attached hydrogens (tertiary/aromatic N) is 3. The fourth-order valence-electron chi connectivity index (χ4n) is 3.73. The second-order valence-electron chi connectivity index (χ2n) is 6.78. The van der Waals surface area contributed by atoms with Gasteiger partial charge in [0.1, 0.15) is 0 Å². The fourth-order valence-corrected chi connectivity index (χ4v) is 4.67. The van der Waals surface area contributed by atoms with E-state index >= 15 is 0 Å². The number of likely N-dealkylation sites (tertiary alicyclic amines) is 1. The summed E-state index contributed by atoms with van der Waals surface area (Å²) in [6.45, 7) is 11.5. The topological polar surface area (TPSA) is 36.0 Å². The van der Waals surface area contributed by atoms with Crippen LogP contribution in [0.4, 0.5) is 4.79 Å². The molecule has 0 bridgehead atoms. The minimum atomic E-state index is -0.157. The zero-order valence-electron chi connectivity index (χ0n) is 14.9. The first-order valence-corrected chi connectivity index (χ1v) is 9.96. The molecule has 0 N–H and O–H groups in total. The molecule has 6 heteroatoms. The maximum atomic E-state index is 11.8. The van der Waals surface area contributed by atoms with E-state index in [9.17, 15) is 4.79 Å². The van der Waals surface area contributed by atoms with Gasteiger partial charge in [-0.3, -0.25) is 9.80 Å². The van der Waals surface area contributed by atoms with Crippen LogP contribution in [0.1, 0.15) is 30.2 Å². The quantitative estimate of drug-likeness (QED) is 0.836. The van der Waals surface area contributed by atoms with E-state index in [2.05, 4.69) is 28.2 Å². The first kappa shape index (κ1) is 17.7. The molecular weight excluding hydrogens is 322 g/mol. The molecule has 1 atom stereocenters. The monoisotopic (exact) mass is 351 g/mol. The zero-order valence-corrected chi connectivity index (χ0v) is 15.7. The number of carbonyl (C=O) groups excluding carboxylic acids is 1. The maximum Gasteiger partial charge on any atom is 0.409 e. The predicted molar refractivity (Wildman–Crippen MR) is 97.5 cm³/mol. The van der Waals surface area contributed by atoms with E-state index in [1.165, 1.54) is 29.8 Å². The maximum absolute atomic E-state index is 11.8. The third-order valence-corrected chi connectivity index (χ3v) is 6.18. The summed E-state index contributed by atoms with van der Waals surface area (Å²) in [5.41, 5.74) is 1.42. The number of amides is 1. The van der Waals surface area contributed by atoms with E-state index in [0.29, 0.717) is 12.6 Å². The molecule has 0 radical (unpaired) electrons. The number of aryl methyl sites for hydroxylation is 1. The molecule has 2 aliphatic rings. The van der Waals surface area contributed by atoms with Gasteiger partial charge in [-0.25, -0.2) is 4.79 Å². The number of rotatable bonds is 4. The molecule has 5 nitrogen and oxygen atoms in total. The molecule has 0 aliphatic carbocycles. The van der Waals surface area contributed by atoms with Gasteiger partial charge < -0.3 is 9.64 Å². The Balaban J connectivity index is 1.49. The van der Waals surface area contributed by atoms with Crippen LogP contribution < -0.4 is 0 Å². The average Bonchev–Trinajstić information content (AvgIpc) is 3.00. The average molecular weight is 352 g/mol. The molecule has 134 valence electrons. The van der Waals surface area contributed by atoms with Gasteiger partial charge in [0.15, 0.2) is 0 Å². The second kappa shape index (κ2) is 8.32. The number of hydrogen-bond donors (Lipinski definition) is 0. The van der Waals surface area contributed by atoms with E-state index in [1.54, 1.807) is 0 Å². The second-order valence-corrected chi connectivity index (χ2v) is 7.78. The Morgan fingerprint density at radius 1 is 1.29 bits per heavy atom. The lowest BCUT2D eigenvalue weighted by Crippen LogP contribution is -2.55. The lowest BCUT2D eigenvalue weighted by Gasteiger charge is -2.43. The van der Waals surface area contributed by atoms with Gasteiger partial charge >= 0.3 is 6.09 Å². The van der Waals surface area contributed by atoms with Gasteiger partial charge in [0, 0.05) is 50.2 Å². The number of ether oxygens (including phenoxy) is 1. The van der Waals surface area contributed by atoms with Gasteiger partial charge in [0.2, 0.25) is 0 Å². The van der Waals surface area contributed by atoms with Crippen molar-refractivity contribution in [2.24, 2.45) is 0 Å². The Morgan fingerprint density at radius 3 is 2.75 bits per heavy atom. The van der Waals surface area contributed by atoms with Crippen LogP contribution in [0.3, 0.4) is 0 Å². The molecule has 1 aromatic heterocycles. The van der Waals surface area contributed by atoms with Crippen LogP contribution in [0, 0.1) is 6.92 Å². The Bertz CT molecular complexity index is 540. The molecule has 2 fully saturated rings. The smallest absolute Gasteiger partial charge is 0.409 e. The summed E-state index contributed by atoms with van der Waals surface area (Å²) in [7, 11) is 0. The van der Waals surface area contributed by atoms with Crippen molar-refractivity contribution in [3.8, 4) is 0 Å². The van der Waals surface area contributed by atoms with Crippen molar-refractivity contribution >= 4 is 17.4 Å². The first-order chi connectivity index (χ1) is 11.7. The summed E-state index contributed by atoms with van der Waals surface area (Å²) in [6.07, 6.45) is 2.39. The van der Waals surface area contributed by atoms with Crippen molar-refractivity contribution < 1.29 is 9.53 Å². The van der Waals surface area contributed by atoms with Crippen LogP contribution >= 0.6 is 11.3 Å². The molecule has 1 aromatic rings. The molecule has 1 amide bonds. The van der Waals surface area contributed by atoms with Gasteiger partial charge in [-0.2, -0.15) is 0 Å². The van der Waals surface area contributed by atoms with Crippen LogP contribution in [-0.4, -0.2) is 72.7 Å². The number of hydrogen-bond acceptors (Lipinski definition) is 5. The Hall–Kier alpha value is -1.11. The van der Waals surface area contributed by atoms with E-state index in [4.69, 9.17) is 4.74 Å². The SMILES string of the molecule is CCOC(=O)N1CCN(C2CCCN(Cc3sccc3C)C2)CC1. The highest BCUT2D eigenvalue weighted by molar-refractivity contribution is 7.10. The van der Waals surface area contributed by atoms with E-state index in [0.717, 1.165) is 39.3 Å². The third kappa shape index (κ3) is 4.29. The molecule has 3 heterocycles. The predicted octanol–water partition coefficient (Wildman–Crippen LogP) is 2.80. The number of piperidine rings is 1. The highest BCUT2D eigenvalue weighted by Gasteiger charge is 2.29. The minimum absolute atomic E-state index is 0.157. The van der Waals surface area contributed by atoms with Gasteiger partial charge in [0.05, 0.1) is 6.61 Å². The minimum Gasteiger partial charge on any atom is -0.450 e. The summed E-state index contributed by atoms with van der Waals surface area (Å²) >= 11 is 1.87. The summed E-state index contributed by atoms with van der Waals surface area (Å²) in [4.78, 5) is 20.3. The van der Waals surface area contributed by atoms with Crippen LogP contribution in [0.2, 0.25) is 0 Å².